The molecule has 0 saturated heterocycles. The third-order valence-electron chi connectivity index (χ3n) is 4.44. The smallest absolute Gasteiger partial charge is 0.276 e. The van der Waals surface area contributed by atoms with Gasteiger partial charge in [0.15, 0.2) is 5.69 Å². The molecule has 1 aliphatic heterocycles. The number of aromatic nitrogens is 2. The number of para-hydroxylation sites is 1. The number of fused-ring (bicyclic) bond motifs is 1. The normalized spacial score (nSPS) is 16.2. The number of anilines is 1. The number of hydrogen-bond acceptors (Lipinski definition) is 3. The van der Waals surface area contributed by atoms with E-state index in [2.05, 4.69) is 10.4 Å². The Morgan fingerprint density at radius 2 is 2.00 bits per heavy atom. The predicted octanol–water partition coefficient (Wildman–Crippen LogP) is 3.85. The summed E-state index contributed by atoms with van der Waals surface area (Å²) in [5, 5.41) is 6.93. The van der Waals surface area contributed by atoms with Crippen LogP contribution in [0.15, 0.2) is 54.6 Å². The van der Waals surface area contributed by atoms with Gasteiger partial charge in [0.05, 0.1) is 24.5 Å². The molecule has 1 atom stereocenters. The first kappa shape index (κ1) is 16.5. The molecule has 2 heterocycles. The van der Waals surface area contributed by atoms with E-state index in [0.717, 1.165) is 11.3 Å². The number of nitrogens with one attached hydrogen (secondary N) is 1. The fourth-order valence-corrected chi connectivity index (χ4v) is 2.97. The molecule has 0 spiro atoms. The standard InChI is InChI=1S/C20H18FN3O2/c1-13-6-8-14(9-7-13)19-11-24-15(12-26-19)10-18(23-24)20(25)22-17-5-3-2-4-16(17)21/h2-10,19H,11-12H2,1H3,(H,22,25). The van der Waals surface area contributed by atoms with Crippen LogP contribution in [0.1, 0.15) is 33.4 Å². The minimum absolute atomic E-state index is 0.106. The SMILES string of the molecule is Cc1ccc(C2Cn3nc(C(=O)Nc4ccccc4F)cc3CO2)cc1. The summed E-state index contributed by atoms with van der Waals surface area (Å²) in [6.07, 6.45) is -0.106. The van der Waals surface area contributed by atoms with Gasteiger partial charge >= 0.3 is 0 Å². The Kier molecular flexibility index (Phi) is 4.26. The quantitative estimate of drug-likeness (QED) is 0.780. The zero-order valence-electron chi connectivity index (χ0n) is 14.3. The fourth-order valence-electron chi connectivity index (χ4n) is 2.97. The molecule has 1 amide bonds. The monoisotopic (exact) mass is 351 g/mol. The van der Waals surface area contributed by atoms with Gasteiger partial charge in [0, 0.05) is 0 Å². The topological polar surface area (TPSA) is 56.2 Å². The molecule has 3 aromatic rings. The van der Waals surface area contributed by atoms with Gasteiger partial charge in [0.2, 0.25) is 0 Å². The molecule has 1 N–H and O–H groups in total. The van der Waals surface area contributed by atoms with E-state index in [9.17, 15) is 9.18 Å². The Balaban J connectivity index is 1.51. The number of rotatable bonds is 3. The van der Waals surface area contributed by atoms with Crippen LogP contribution in [0.2, 0.25) is 0 Å². The molecule has 2 aromatic carbocycles. The number of hydrogen-bond donors (Lipinski definition) is 1. The summed E-state index contributed by atoms with van der Waals surface area (Å²) in [5.74, 6) is -0.920. The lowest BCUT2D eigenvalue weighted by Crippen LogP contribution is -2.22. The molecule has 0 bridgehead atoms. The zero-order chi connectivity index (χ0) is 18.1. The minimum Gasteiger partial charge on any atom is -0.365 e. The Morgan fingerprint density at radius 3 is 2.77 bits per heavy atom. The molecule has 5 nitrogen and oxygen atoms in total. The van der Waals surface area contributed by atoms with Crippen molar-refractivity contribution in [1.82, 2.24) is 9.78 Å². The van der Waals surface area contributed by atoms with E-state index < -0.39 is 11.7 Å². The average Bonchev–Trinajstić information content (AvgIpc) is 3.07. The van der Waals surface area contributed by atoms with Gasteiger partial charge in [0.1, 0.15) is 11.9 Å². The van der Waals surface area contributed by atoms with Crippen molar-refractivity contribution < 1.29 is 13.9 Å². The van der Waals surface area contributed by atoms with Gasteiger partial charge in [-0.3, -0.25) is 9.48 Å². The molecule has 132 valence electrons. The van der Waals surface area contributed by atoms with Crippen LogP contribution in [0.4, 0.5) is 10.1 Å². The maximum atomic E-state index is 13.7. The Morgan fingerprint density at radius 1 is 1.23 bits per heavy atom. The number of ether oxygens (including phenoxy) is 1. The molecule has 0 aliphatic carbocycles. The van der Waals surface area contributed by atoms with Crippen LogP contribution in [0.25, 0.3) is 0 Å². The van der Waals surface area contributed by atoms with Crippen molar-refractivity contribution in [2.45, 2.75) is 26.2 Å². The molecule has 1 unspecified atom stereocenters. The second-order valence-corrected chi connectivity index (χ2v) is 6.35. The van der Waals surface area contributed by atoms with Crippen LogP contribution in [0.5, 0.6) is 0 Å². The summed E-state index contributed by atoms with van der Waals surface area (Å²) in [6.45, 7) is 2.95. The van der Waals surface area contributed by atoms with Gasteiger partial charge < -0.3 is 10.1 Å². The van der Waals surface area contributed by atoms with Crippen molar-refractivity contribution in [1.29, 1.82) is 0 Å². The largest absolute Gasteiger partial charge is 0.365 e. The highest BCUT2D eigenvalue weighted by Crippen LogP contribution is 2.27. The van der Waals surface area contributed by atoms with Gasteiger partial charge in [0.25, 0.3) is 5.91 Å². The predicted molar refractivity (Wildman–Crippen MR) is 95.3 cm³/mol. The number of carbonyl (C=O) groups is 1. The fraction of sp³-hybridized carbons (Fsp3) is 0.200. The second kappa shape index (κ2) is 6.72. The minimum atomic E-state index is -0.479. The molecule has 1 aromatic heterocycles. The number of halogens is 1. The van der Waals surface area contributed by atoms with E-state index in [1.54, 1.807) is 22.9 Å². The lowest BCUT2D eigenvalue weighted by Gasteiger charge is -2.24. The number of amides is 1. The van der Waals surface area contributed by atoms with Crippen molar-refractivity contribution in [2.24, 2.45) is 0 Å². The first-order chi connectivity index (χ1) is 12.6. The molecule has 0 radical (unpaired) electrons. The summed E-state index contributed by atoms with van der Waals surface area (Å²) in [6, 6.07) is 15.9. The number of aryl methyl sites for hydroxylation is 1. The lowest BCUT2D eigenvalue weighted by molar-refractivity contribution is -0.00119. The van der Waals surface area contributed by atoms with E-state index in [0.29, 0.717) is 13.2 Å². The molecule has 26 heavy (non-hydrogen) atoms. The summed E-state index contributed by atoms with van der Waals surface area (Å²) in [5.41, 5.74) is 3.48. The summed E-state index contributed by atoms with van der Waals surface area (Å²) < 4.78 is 21.4. The highest BCUT2D eigenvalue weighted by atomic mass is 19.1. The molecule has 6 heteroatoms. The molecule has 4 rings (SSSR count). The highest BCUT2D eigenvalue weighted by Gasteiger charge is 2.24. The van der Waals surface area contributed by atoms with Gasteiger partial charge in [-0.1, -0.05) is 42.0 Å². The van der Waals surface area contributed by atoms with Crippen LogP contribution < -0.4 is 5.32 Å². The van der Waals surface area contributed by atoms with E-state index in [4.69, 9.17) is 4.74 Å². The van der Waals surface area contributed by atoms with Crippen LogP contribution in [0.3, 0.4) is 0 Å². The van der Waals surface area contributed by atoms with Crippen molar-refractivity contribution in [3.05, 3.63) is 82.9 Å². The van der Waals surface area contributed by atoms with Crippen molar-refractivity contribution in [3.63, 3.8) is 0 Å². The molecular formula is C20H18FN3O2. The average molecular weight is 351 g/mol. The van der Waals surface area contributed by atoms with Crippen LogP contribution in [-0.4, -0.2) is 15.7 Å². The van der Waals surface area contributed by atoms with E-state index in [1.165, 1.54) is 17.7 Å². The Hall–Kier alpha value is -2.99. The van der Waals surface area contributed by atoms with Crippen LogP contribution >= 0.6 is 0 Å². The molecule has 0 fully saturated rings. The van der Waals surface area contributed by atoms with E-state index >= 15 is 0 Å². The van der Waals surface area contributed by atoms with Gasteiger partial charge in [-0.2, -0.15) is 5.10 Å². The van der Waals surface area contributed by atoms with Crippen molar-refractivity contribution in [3.8, 4) is 0 Å². The third kappa shape index (κ3) is 3.23. The summed E-state index contributed by atoms with van der Waals surface area (Å²) >= 11 is 0. The Labute approximate surface area is 150 Å². The van der Waals surface area contributed by atoms with Gasteiger partial charge in [-0.05, 0) is 30.7 Å². The first-order valence-electron chi connectivity index (χ1n) is 8.41. The second-order valence-electron chi connectivity index (χ2n) is 6.35. The first-order valence-corrected chi connectivity index (χ1v) is 8.41. The van der Waals surface area contributed by atoms with E-state index in [-0.39, 0.29) is 17.5 Å². The Bertz CT molecular complexity index is 950. The van der Waals surface area contributed by atoms with E-state index in [1.807, 2.05) is 31.2 Å². The van der Waals surface area contributed by atoms with Crippen LogP contribution in [-0.2, 0) is 17.9 Å². The number of carbonyl (C=O) groups excluding carboxylic acids is 1. The van der Waals surface area contributed by atoms with Gasteiger partial charge in [-0.25, -0.2) is 4.39 Å². The maximum absolute atomic E-state index is 13.7. The maximum Gasteiger partial charge on any atom is 0.276 e. The van der Waals surface area contributed by atoms with Gasteiger partial charge in [-0.15, -0.1) is 0 Å². The molecule has 1 aliphatic rings. The number of benzene rings is 2. The lowest BCUT2D eigenvalue weighted by atomic mass is 10.1. The van der Waals surface area contributed by atoms with Crippen molar-refractivity contribution in [2.75, 3.05) is 5.32 Å². The molecular weight excluding hydrogens is 333 g/mol. The number of nitrogens with zero attached hydrogens (tertiary/aromatic N) is 2. The third-order valence-corrected chi connectivity index (χ3v) is 4.44. The highest BCUT2D eigenvalue weighted by molar-refractivity contribution is 6.03. The van der Waals surface area contributed by atoms with Crippen molar-refractivity contribution >= 4 is 11.6 Å². The summed E-state index contributed by atoms with van der Waals surface area (Å²) in [4.78, 5) is 12.4. The molecule has 0 saturated carbocycles. The zero-order valence-corrected chi connectivity index (χ0v) is 14.3. The summed E-state index contributed by atoms with van der Waals surface area (Å²) in [7, 11) is 0. The van der Waals surface area contributed by atoms with Crippen LogP contribution in [0, 0.1) is 12.7 Å².